The van der Waals surface area contributed by atoms with Gasteiger partial charge in [0.25, 0.3) is 0 Å². The predicted molar refractivity (Wildman–Crippen MR) is 59.7 cm³/mol. The van der Waals surface area contributed by atoms with E-state index in [9.17, 15) is 4.79 Å². The van der Waals surface area contributed by atoms with E-state index in [-0.39, 0.29) is 12.5 Å². The number of allylic oxidation sites excluding steroid dienone is 2. The molecule has 1 aliphatic carbocycles. The molecule has 2 rings (SSSR count). The third-order valence-electron chi connectivity index (χ3n) is 2.82. The van der Waals surface area contributed by atoms with Gasteiger partial charge in [0.05, 0.1) is 25.3 Å². The van der Waals surface area contributed by atoms with E-state index in [1.165, 1.54) is 5.57 Å². The van der Waals surface area contributed by atoms with Gasteiger partial charge in [-0.3, -0.25) is 4.79 Å². The van der Waals surface area contributed by atoms with Crippen molar-refractivity contribution in [2.75, 3.05) is 7.11 Å². The Hall–Kier alpha value is -1.71. The molecule has 0 saturated heterocycles. The van der Waals surface area contributed by atoms with Crippen LogP contribution in [0.2, 0.25) is 0 Å². The zero-order valence-electron chi connectivity index (χ0n) is 9.19. The van der Waals surface area contributed by atoms with E-state index >= 15 is 0 Å². The molecular weight excluding hydrogens is 206 g/mol. The molecule has 0 aromatic carbocycles. The first kappa shape index (κ1) is 10.8. The molecule has 0 aromatic heterocycles. The van der Waals surface area contributed by atoms with Gasteiger partial charge in [-0.1, -0.05) is 12.2 Å². The van der Waals surface area contributed by atoms with Crippen molar-refractivity contribution in [2.24, 2.45) is 0 Å². The van der Waals surface area contributed by atoms with Crippen LogP contribution in [0.15, 0.2) is 35.3 Å². The maximum Gasteiger partial charge on any atom is 0.309 e. The number of dihydropyridines is 1. The van der Waals surface area contributed by atoms with Crippen molar-refractivity contribution in [2.45, 2.75) is 25.3 Å². The van der Waals surface area contributed by atoms with Gasteiger partial charge in [-0.2, -0.15) is 0 Å². The van der Waals surface area contributed by atoms with Crippen LogP contribution in [0.3, 0.4) is 0 Å². The lowest BCUT2D eigenvalue weighted by molar-refractivity contribution is -0.136. The van der Waals surface area contributed by atoms with E-state index in [2.05, 4.69) is 17.5 Å². The number of hydrogen-bond acceptors (Lipinski definition) is 3. The van der Waals surface area contributed by atoms with Crippen LogP contribution in [0.5, 0.6) is 0 Å². The lowest BCUT2D eigenvalue weighted by atomic mass is 9.92. The zero-order valence-corrected chi connectivity index (χ0v) is 9.19. The largest absolute Gasteiger partial charge is 0.495 e. The molecule has 16 heavy (non-hydrogen) atoms. The Labute approximate surface area is 94.3 Å². The molecule has 0 bridgehead atoms. The van der Waals surface area contributed by atoms with Crippen LogP contribution in [0, 0.1) is 0 Å². The summed E-state index contributed by atoms with van der Waals surface area (Å²) in [5, 5.41) is 12.0. The Morgan fingerprint density at radius 3 is 3.19 bits per heavy atom. The number of hydrogen-bond donors (Lipinski definition) is 2. The maximum atomic E-state index is 10.7. The van der Waals surface area contributed by atoms with Crippen LogP contribution in [0.25, 0.3) is 0 Å². The minimum Gasteiger partial charge on any atom is -0.495 e. The fourth-order valence-corrected chi connectivity index (χ4v) is 2.05. The topological polar surface area (TPSA) is 58.6 Å². The van der Waals surface area contributed by atoms with Crippen LogP contribution in [-0.4, -0.2) is 24.2 Å². The summed E-state index contributed by atoms with van der Waals surface area (Å²) in [7, 11) is 1.56. The van der Waals surface area contributed by atoms with E-state index in [0.717, 1.165) is 12.8 Å². The number of ether oxygens (including phenoxy) is 1. The second-order valence-corrected chi connectivity index (χ2v) is 3.93. The lowest BCUT2D eigenvalue weighted by Gasteiger charge is -2.29. The van der Waals surface area contributed by atoms with Crippen LogP contribution in [0.1, 0.15) is 19.3 Å². The smallest absolute Gasteiger partial charge is 0.309 e. The van der Waals surface area contributed by atoms with Crippen LogP contribution >= 0.6 is 0 Å². The van der Waals surface area contributed by atoms with E-state index in [1.807, 2.05) is 6.08 Å². The Balaban J connectivity index is 2.26. The quantitative estimate of drug-likeness (QED) is 0.710. The van der Waals surface area contributed by atoms with E-state index < -0.39 is 5.97 Å². The molecule has 0 saturated carbocycles. The Kier molecular flexibility index (Phi) is 2.99. The molecule has 4 nitrogen and oxygen atoms in total. The molecule has 4 heteroatoms. The number of methoxy groups -OCH3 is 1. The van der Waals surface area contributed by atoms with Crippen molar-refractivity contribution < 1.29 is 14.6 Å². The molecule has 0 radical (unpaired) electrons. The van der Waals surface area contributed by atoms with Gasteiger partial charge in [0.1, 0.15) is 5.76 Å². The van der Waals surface area contributed by atoms with E-state index in [0.29, 0.717) is 11.5 Å². The molecule has 1 aliphatic heterocycles. The number of carbonyl (C=O) groups is 1. The molecule has 0 aromatic rings. The Bertz CT molecular complexity index is 393. The fourth-order valence-electron chi connectivity index (χ4n) is 2.05. The van der Waals surface area contributed by atoms with Gasteiger partial charge in [-0.05, 0) is 24.5 Å². The Morgan fingerprint density at radius 1 is 1.69 bits per heavy atom. The number of fused-ring (bicyclic) bond motifs is 1. The monoisotopic (exact) mass is 221 g/mol. The maximum absolute atomic E-state index is 10.7. The molecule has 1 atom stereocenters. The van der Waals surface area contributed by atoms with Crippen molar-refractivity contribution in [3.05, 3.63) is 35.3 Å². The number of rotatable bonds is 3. The average Bonchev–Trinajstić information content (AvgIpc) is 2.27. The van der Waals surface area contributed by atoms with Gasteiger partial charge in [0, 0.05) is 0 Å². The van der Waals surface area contributed by atoms with Crippen molar-refractivity contribution in [3.63, 3.8) is 0 Å². The molecule has 0 amide bonds. The summed E-state index contributed by atoms with van der Waals surface area (Å²) in [6.45, 7) is 0. The summed E-state index contributed by atoms with van der Waals surface area (Å²) in [6, 6.07) is 0.141. The second-order valence-electron chi connectivity index (χ2n) is 3.93. The first-order valence-corrected chi connectivity index (χ1v) is 5.33. The minimum absolute atomic E-state index is 0.0305. The third kappa shape index (κ3) is 2.10. The lowest BCUT2D eigenvalue weighted by Crippen LogP contribution is -2.34. The van der Waals surface area contributed by atoms with Crippen molar-refractivity contribution in [1.29, 1.82) is 0 Å². The molecule has 0 fully saturated rings. The first-order valence-electron chi connectivity index (χ1n) is 5.33. The summed E-state index contributed by atoms with van der Waals surface area (Å²) in [5.41, 5.74) is 1.91. The standard InChI is InChI=1S/C12H15NO3/c1-16-11-6-8-4-2-3-5-9(8)13-10(11)7-12(14)15/h3,5-6,9,13H,2,4,7H2,1H3,(H,14,15). The summed E-state index contributed by atoms with van der Waals surface area (Å²) in [4.78, 5) is 10.7. The molecule has 1 heterocycles. The zero-order chi connectivity index (χ0) is 11.5. The van der Waals surface area contributed by atoms with Crippen molar-refractivity contribution in [1.82, 2.24) is 5.32 Å². The van der Waals surface area contributed by atoms with Gasteiger partial charge < -0.3 is 15.2 Å². The highest BCUT2D eigenvalue weighted by atomic mass is 16.5. The predicted octanol–water partition coefficient (Wildman–Crippen LogP) is 1.57. The van der Waals surface area contributed by atoms with Gasteiger partial charge in [-0.15, -0.1) is 0 Å². The minimum atomic E-state index is -0.853. The molecule has 86 valence electrons. The van der Waals surface area contributed by atoms with Crippen molar-refractivity contribution >= 4 is 5.97 Å². The molecule has 2 aliphatic rings. The highest BCUT2D eigenvalue weighted by Crippen LogP contribution is 2.26. The van der Waals surface area contributed by atoms with E-state index in [1.54, 1.807) is 7.11 Å². The van der Waals surface area contributed by atoms with E-state index in [4.69, 9.17) is 9.84 Å². The SMILES string of the molecule is COC1=C(CC(=O)O)NC2C=CCCC2=C1. The van der Waals surface area contributed by atoms with Gasteiger partial charge in [-0.25, -0.2) is 0 Å². The normalized spacial score (nSPS) is 23.3. The summed E-state index contributed by atoms with van der Waals surface area (Å²) in [6.07, 6.45) is 8.16. The highest BCUT2D eigenvalue weighted by Gasteiger charge is 2.23. The third-order valence-corrected chi connectivity index (χ3v) is 2.82. The summed E-state index contributed by atoms with van der Waals surface area (Å²) in [5.74, 6) is -0.211. The number of aliphatic carboxylic acids is 1. The molecular formula is C12H15NO3. The number of carboxylic acid groups (broad SMARTS) is 1. The summed E-state index contributed by atoms with van der Waals surface area (Å²) < 4.78 is 5.21. The van der Waals surface area contributed by atoms with Crippen LogP contribution in [-0.2, 0) is 9.53 Å². The molecule has 0 spiro atoms. The van der Waals surface area contributed by atoms with Gasteiger partial charge in [0.15, 0.2) is 0 Å². The number of carboxylic acids is 1. The molecule has 1 unspecified atom stereocenters. The van der Waals surface area contributed by atoms with Gasteiger partial charge >= 0.3 is 5.97 Å². The van der Waals surface area contributed by atoms with Crippen LogP contribution < -0.4 is 5.32 Å². The summed E-state index contributed by atoms with van der Waals surface area (Å²) >= 11 is 0. The average molecular weight is 221 g/mol. The first-order chi connectivity index (χ1) is 7.70. The highest BCUT2D eigenvalue weighted by molar-refractivity contribution is 5.70. The van der Waals surface area contributed by atoms with Gasteiger partial charge in [0.2, 0.25) is 0 Å². The van der Waals surface area contributed by atoms with Crippen LogP contribution in [0.4, 0.5) is 0 Å². The number of nitrogens with one attached hydrogen (secondary N) is 1. The second kappa shape index (κ2) is 4.43. The molecule has 2 N–H and O–H groups in total. The fraction of sp³-hybridized carbons (Fsp3) is 0.417. The Morgan fingerprint density at radius 2 is 2.50 bits per heavy atom. The van der Waals surface area contributed by atoms with Crippen molar-refractivity contribution in [3.8, 4) is 0 Å².